The van der Waals surface area contributed by atoms with Crippen molar-refractivity contribution in [3.8, 4) is 0 Å². The lowest BCUT2D eigenvalue weighted by Crippen LogP contribution is -2.48. The van der Waals surface area contributed by atoms with Crippen LogP contribution in [0.1, 0.15) is 40.5 Å². The Hall–Kier alpha value is -0.343. The Morgan fingerprint density at radius 3 is 2.44 bits per heavy atom. The van der Waals surface area contributed by atoms with Crippen molar-refractivity contribution in [1.29, 1.82) is 0 Å². The van der Waals surface area contributed by atoms with E-state index in [4.69, 9.17) is 4.43 Å². The highest BCUT2D eigenvalue weighted by Gasteiger charge is 2.44. The van der Waals surface area contributed by atoms with Crippen LogP contribution in [0.5, 0.6) is 0 Å². The zero-order chi connectivity index (χ0) is 12.6. The zero-order valence-electron chi connectivity index (χ0n) is 11.7. The van der Waals surface area contributed by atoms with E-state index in [2.05, 4.69) is 53.4 Å². The van der Waals surface area contributed by atoms with Crippen molar-refractivity contribution in [1.82, 2.24) is 0 Å². The summed E-state index contributed by atoms with van der Waals surface area (Å²) in [6, 6.07) is 0. The van der Waals surface area contributed by atoms with E-state index in [-0.39, 0.29) is 10.6 Å². The van der Waals surface area contributed by atoms with Crippen molar-refractivity contribution < 1.29 is 4.43 Å². The summed E-state index contributed by atoms with van der Waals surface area (Å²) in [7, 11) is -1.69. The van der Waals surface area contributed by atoms with E-state index in [0.717, 1.165) is 12.8 Å². The summed E-state index contributed by atoms with van der Waals surface area (Å²) in [6.45, 7) is 17.6. The summed E-state index contributed by atoms with van der Waals surface area (Å²) in [6.07, 6.45) is 6.44. The Balaban J connectivity index is 2.89. The highest BCUT2D eigenvalue weighted by molar-refractivity contribution is 6.74. The molecule has 92 valence electrons. The molecule has 0 saturated heterocycles. The van der Waals surface area contributed by atoms with E-state index >= 15 is 0 Å². The van der Waals surface area contributed by atoms with E-state index in [0.29, 0.717) is 0 Å². The molecule has 0 bridgehead atoms. The summed E-state index contributed by atoms with van der Waals surface area (Å²) in [4.78, 5) is 0. The van der Waals surface area contributed by atoms with Crippen LogP contribution in [0.2, 0.25) is 18.1 Å². The van der Waals surface area contributed by atoms with Gasteiger partial charge in [-0.1, -0.05) is 39.5 Å². The molecule has 1 unspecified atom stereocenters. The summed E-state index contributed by atoms with van der Waals surface area (Å²) in [5.74, 6) is 0. The first-order valence-corrected chi connectivity index (χ1v) is 9.06. The van der Waals surface area contributed by atoms with Crippen LogP contribution >= 0.6 is 0 Å². The van der Waals surface area contributed by atoms with Gasteiger partial charge in [-0.25, -0.2) is 0 Å². The molecular formula is C14H26OSi. The fraction of sp³-hybridized carbons (Fsp3) is 0.714. The van der Waals surface area contributed by atoms with Gasteiger partial charge in [-0.2, -0.15) is 0 Å². The first-order valence-electron chi connectivity index (χ1n) is 6.16. The van der Waals surface area contributed by atoms with Crippen LogP contribution in [0, 0.1) is 0 Å². The maximum atomic E-state index is 6.55. The van der Waals surface area contributed by atoms with Gasteiger partial charge in [-0.05, 0) is 43.5 Å². The lowest BCUT2D eigenvalue weighted by atomic mass is 9.99. The van der Waals surface area contributed by atoms with Gasteiger partial charge in [-0.15, -0.1) is 0 Å². The molecule has 0 aromatic rings. The van der Waals surface area contributed by atoms with Gasteiger partial charge in [0.25, 0.3) is 0 Å². The van der Waals surface area contributed by atoms with Gasteiger partial charge in [-0.3, -0.25) is 0 Å². The molecule has 0 fully saturated rings. The second-order valence-electron chi connectivity index (χ2n) is 6.50. The van der Waals surface area contributed by atoms with E-state index in [1.165, 1.54) is 5.57 Å². The molecule has 0 aromatic heterocycles. The van der Waals surface area contributed by atoms with Crippen LogP contribution in [0.15, 0.2) is 24.3 Å². The molecule has 0 amide bonds. The fourth-order valence-electron chi connectivity index (χ4n) is 1.99. The topological polar surface area (TPSA) is 9.23 Å². The summed E-state index contributed by atoms with van der Waals surface area (Å²) >= 11 is 0. The van der Waals surface area contributed by atoms with Crippen LogP contribution in [-0.2, 0) is 4.43 Å². The predicted octanol–water partition coefficient (Wildman–Crippen LogP) is 4.67. The maximum absolute atomic E-state index is 6.55. The molecule has 1 aliphatic carbocycles. The van der Waals surface area contributed by atoms with E-state index in [1.54, 1.807) is 0 Å². The average Bonchev–Trinajstić information content (AvgIpc) is 2.43. The van der Waals surface area contributed by atoms with Crippen molar-refractivity contribution in [2.45, 2.75) is 64.3 Å². The van der Waals surface area contributed by atoms with Crippen molar-refractivity contribution in [3.05, 3.63) is 24.3 Å². The second-order valence-corrected chi connectivity index (χ2v) is 11.2. The zero-order valence-corrected chi connectivity index (χ0v) is 12.7. The van der Waals surface area contributed by atoms with Gasteiger partial charge in [0.2, 0.25) is 0 Å². The van der Waals surface area contributed by atoms with Crippen molar-refractivity contribution in [2.24, 2.45) is 0 Å². The van der Waals surface area contributed by atoms with E-state index in [9.17, 15) is 0 Å². The molecule has 1 nitrogen and oxygen atoms in total. The number of hydrogen-bond acceptors (Lipinski definition) is 1. The average molecular weight is 238 g/mol. The summed E-state index contributed by atoms with van der Waals surface area (Å²) in [5, 5.41) is 0.269. The molecule has 1 rings (SSSR count). The monoisotopic (exact) mass is 238 g/mol. The van der Waals surface area contributed by atoms with Gasteiger partial charge < -0.3 is 4.43 Å². The maximum Gasteiger partial charge on any atom is 0.193 e. The third-order valence-corrected chi connectivity index (χ3v) is 8.68. The molecular weight excluding hydrogens is 212 g/mol. The minimum atomic E-state index is -1.69. The lowest BCUT2D eigenvalue weighted by molar-refractivity contribution is 0.113. The van der Waals surface area contributed by atoms with Gasteiger partial charge in [0.1, 0.15) is 0 Å². The summed E-state index contributed by atoms with van der Waals surface area (Å²) < 4.78 is 6.55. The Morgan fingerprint density at radius 1 is 1.44 bits per heavy atom. The Kier molecular flexibility index (Phi) is 3.56. The highest BCUT2D eigenvalue weighted by atomic mass is 28.4. The first-order chi connectivity index (χ1) is 7.12. The molecule has 0 aliphatic heterocycles. The third-order valence-electron chi connectivity index (χ3n) is 4.10. The predicted molar refractivity (Wildman–Crippen MR) is 74.2 cm³/mol. The van der Waals surface area contributed by atoms with Gasteiger partial charge in [0.05, 0.1) is 5.60 Å². The lowest BCUT2D eigenvalue weighted by Gasteiger charge is -2.43. The first kappa shape index (κ1) is 13.7. The molecule has 0 aromatic carbocycles. The van der Waals surface area contributed by atoms with Crippen LogP contribution in [0.3, 0.4) is 0 Å². The van der Waals surface area contributed by atoms with E-state index < -0.39 is 8.32 Å². The number of allylic oxidation sites excluding steroid dienone is 1. The van der Waals surface area contributed by atoms with Crippen LogP contribution in [-0.4, -0.2) is 13.9 Å². The molecule has 2 heteroatoms. The van der Waals surface area contributed by atoms with Crippen LogP contribution in [0.25, 0.3) is 0 Å². The van der Waals surface area contributed by atoms with Crippen molar-refractivity contribution in [2.75, 3.05) is 0 Å². The summed E-state index contributed by atoms with van der Waals surface area (Å²) in [5.41, 5.74) is 1.18. The minimum Gasteiger partial charge on any atom is -0.408 e. The van der Waals surface area contributed by atoms with Gasteiger partial charge in [0, 0.05) is 0 Å². The molecule has 0 radical (unpaired) electrons. The Labute approximate surface area is 102 Å². The fourth-order valence-corrected chi connectivity index (χ4v) is 3.64. The largest absolute Gasteiger partial charge is 0.408 e. The molecule has 1 aliphatic rings. The molecule has 1 atom stereocenters. The Morgan fingerprint density at radius 2 is 2.00 bits per heavy atom. The normalized spacial score (nSPS) is 26.8. The Bertz CT molecular complexity index is 309. The number of hydrogen-bond donors (Lipinski definition) is 0. The minimum absolute atomic E-state index is 0.0925. The number of rotatable bonds is 3. The SMILES string of the molecule is C=CC1=CCCC1(C)O[Si](C)(C)C(C)(C)C. The van der Waals surface area contributed by atoms with Crippen LogP contribution in [0.4, 0.5) is 0 Å². The standard InChI is InChI=1S/C14H26OSi/c1-8-12-10-9-11-14(12,5)15-16(6,7)13(2,3)4/h8,10H,1,9,11H2,2-7H3. The molecule has 0 spiro atoms. The highest BCUT2D eigenvalue weighted by Crippen LogP contribution is 2.44. The second kappa shape index (κ2) is 4.15. The van der Waals surface area contributed by atoms with Crippen molar-refractivity contribution in [3.63, 3.8) is 0 Å². The molecule has 16 heavy (non-hydrogen) atoms. The third kappa shape index (κ3) is 2.49. The molecule has 0 heterocycles. The van der Waals surface area contributed by atoms with Crippen LogP contribution < -0.4 is 0 Å². The molecule has 0 N–H and O–H groups in total. The van der Waals surface area contributed by atoms with Gasteiger partial charge in [0.15, 0.2) is 8.32 Å². The van der Waals surface area contributed by atoms with E-state index in [1.807, 2.05) is 6.08 Å². The molecule has 0 saturated carbocycles. The van der Waals surface area contributed by atoms with Gasteiger partial charge >= 0.3 is 0 Å². The quantitative estimate of drug-likeness (QED) is 0.649. The van der Waals surface area contributed by atoms with Crippen molar-refractivity contribution >= 4 is 8.32 Å². The smallest absolute Gasteiger partial charge is 0.193 e.